The Morgan fingerprint density at radius 2 is 1.77 bits per heavy atom. The van der Waals surface area contributed by atoms with Gasteiger partial charge in [-0.25, -0.2) is 8.78 Å². The number of hydrogen-bond acceptors (Lipinski definition) is 3. The normalized spacial score (nSPS) is 14.7. The largest absolute Gasteiger partial charge is 0.352 e. The number of nitrogens with zero attached hydrogens (tertiary/aromatic N) is 2. The molecule has 142 valence electrons. The molecule has 1 N–H and O–H groups in total. The number of hydrogen-bond donors (Lipinski definition) is 1. The van der Waals surface area contributed by atoms with Crippen molar-refractivity contribution in [1.29, 1.82) is 0 Å². The average molecular weight is 367 g/mol. The monoisotopic (exact) mass is 367 g/mol. The third kappa shape index (κ3) is 5.50. The maximum atomic E-state index is 13.5. The molecule has 0 aliphatic carbocycles. The summed E-state index contributed by atoms with van der Waals surface area (Å²) < 4.78 is 26.4. The first-order chi connectivity index (χ1) is 12.4. The molecule has 1 saturated heterocycles. The minimum atomic E-state index is -0.918. The van der Waals surface area contributed by atoms with Gasteiger partial charge in [0, 0.05) is 52.1 Å². The Balaban J connectivity index is 1.73. The van der Waals surface area contributed by atoms with Gasteiger partial charge in [0.15, 0.2) is 0 Å². The molecule has 0 aromatic heterocycles. The van der Waals surface area contributed by atoms with Crippen LogP contribution in [0.1, 0.15) is 36.5 Å². The molecule has 1 aromatic carbocycles. The van der Waals surface area contributed by atoms with Crippen LogP contribution in [-0.2, 0) is 9.59 Å². The number of nitrogens with one attached hydrogen (secondary N) is 1. The highest BCUT2D eigenvalue weighted by Crippen LogP contribution is 2.10. The molecular formula is C18H23F2N3O3. The zero-order valence-corrected chi connectivity index (χ0v) is 14.8. The molecule has 26 heavy (non-hydrogen) atoms. The molecule has 1 heterocycles. The van der Waals surface area contributed by atoms with Crippen LogP contribution in [-0.4, -0.2) is 60.2 Å². The van der Waals surface area contributed by atoms with E-state index >= 15 is 0 Å². The lowest BCUT2D eigenvalue weighted by molar-refractivity contribution is -0.132. The standard InChI is InChI=1S/C18H23F2N3O3/c1-13(24)22-8-3-9-23(11-10-22)17(25)4-2-7-21-18(26)15-6-5-14(19)12-16(15)20/h5-6,12H,2-4,7-11H2,1H3,(H,21,26). The Bertz CT molecular complexity index is 682. The average Bonchev–Trinajstić information content (AvgIpc) is 2.84. The first-order valence-corrected chi connectivity index (χ1v) is 8.65. The summed E-state index contributed by atoms with van der Waals surface area (Å²) in [6, 6.07) is 2.76. The van der Waals surface area contributed by atoms with Crippen molar-refractivity contribution in [2.45, 2.75) is 26.2 Å². The van der Waals surface area contributed by atoms with E-state index in [4.69, 9.17) is 0 Å². The van der Waals surface area contributed by atoms with Gasteiger partial charge in [0.1, 0.15) is 11.6 Å². The zero-order chi connectivity index (χ0) is 19.1. The van der Waals surface area contributed by atoms with Gasteiger partial charge >= 0.3 is 0 Å². The number of rotatable bonds is 5. The lowest BCUT2D eigenvalue weighted by Gasteiger charge is -2.21. The summed E-state index contributed by atoms with van der Waals surface area (Å²) >= 11 is 0. The van der Waals surface area contributed by atoms with Crippen molar-refractivity contribution in [2.75, 3.05) is 32.7 Å². The maximum absolute atomic E-state index is 13.5. The molecule has 1 fully saturated rings. The second-order valence-corrected chi connectivity index (χ2v) is 6.22. The Labute approximate surface area is 151 Å². The van der Waals surface area contributed by atoms with Crippen molar-refractivity contribution in [2.24, 2.45) is 0 Å². The molecule has 0 saturated carbocycles. The van der Waals surface area contributed by atoms with Gasteiger partial charge in [-0.3, -0.25) is 14.4 Å². The molecular weight excluding hydrogens is 344 g/mol. The molecule has 1 aromatic rings. The van der Waals surface area contributed by atoms with Gasteiger partial charge in [-0.05, 0) is 25.0 Å². The third-order valence-electron chi connectivity index (χ3n) is 4.32. The summed E-state index contributed by atoms with van der Waals surface area (Å²) in [6.07, 6.45) is 1.42. The highest BCUT2D eigenvalue weighted by atomic mass is 19.1. The van der Waals surface area contributed by atoms with Crippen molar-refractivity contribution in [3.05, 3.63) is 35.4 Å². The Morgan fingerprint density at radius 1 is 1.08 bits per heavy atom. The van der Waals surface area contributed by atoms with Gasteiger partial charge in [-0.1, -0.05) is 0 Å². The van der Waals surface area contributed by atoms with E-state index < -0.39 is 17.5 Å². The maximum Gasteiger partial charge on any atom is 0.254 e. The van der Waals surface area contributed by atoms with E-state index in [1.165, 1.54) is 6.92 Å². The smallest absolute Gasteiger partial charge is 0.254 e. The second-order valence-electron chi connectivity index (χ2n) is 6.22. The van der Waals surface area contributed by atoms with E-state index in [0.717, 1.165) is 18.6 Å². The summed E-state index contributed by atoms with van der Waals surface area (Å²) in [5, 5.41) is 2.53. The predicted molar refractivity (Wildman–Crippen MR) is 91.4 cm³/mol. The molecule has 2 rings (SSSR count). The van der Waals surface area contributed by atoms with Crippen LogP contribution in [0.4, 0.5) is 8.78 Å². The molecule has 1 aliphatic heterocycles. The number of carbonyl (C=O) groups is 3. The molecule has 8 heteroatoms. The van der Waals surface area contributed by atoms with Gasteiger partial charge in [0.05, 0.1) is 5.56 Å². The number of amides is 3. The van der Waals surface area contributed by atoms with Crippen molar-refractivity contribution in [1.82, 2.24) is 15.1 Å². The highest BCUT2D eigenvalue weighted by molar-refractivity contribution is 5.94. The molecule has 0 radical (unpaired) electrons. The molecule has 0 bridgehead atoms. The van der Waals surface area contributed by atoms with E-state index in [0.29, 0.717) is 38.7 Å². The lowest BCUT2D eigenvalue weighted by atomic mass is 10.2. The first kappa shape index (κ1) is 19.8. The number of carbonyl (C=O) groups excluding carboxylic acids is 3. The third-order valence-corrected chi connectivity index (χ3v) is 4.32. The first-order valence-electron chi connectivity index (χ1n) is 8.65. The minimum Gasteiger partial charge on any atom is -0.352 e. The van der Waals surface area contributed by atoms with Crippen LogP contribution in [0.15, 0.2) is 18.2 Å². The van der Waals surface area contributed by atoms with E-state index in [1.54, 1.807) is 9.80 Å². The van der Waals surface area contributed by atoms with Crippen LogP contribution in [0, 0.1) is 11.6 Å². The van der Waals surface area contributed by atoms with Gasteiger partial charge in [-0.15, -0.1) is 0 Å². The van der Waals surface area contributed by atoms with Crippen LogP contribution in [0.25, 0.3) is 0 Å². The van der Waals surface area contributed by atoms with E-state index in [-0.39, 0.29) is 30.3 Å². The van der Waals surface area contributed by atoms with Crippen molar-refractivity contribution in [3.8, 4) is 0 Å². The van der Waals surface area contributed by atoms with Gasteiger partial charge in [0.2, 0.25) is 11.8 Å². The van der Waals surface area contributed by atoms with E-state index in [1.807, 2.05) is 0 Å². The fraction of sp³-hybridized carbons (Fsp3) is 0.500. The summed E-state index contributed by atoms with van der Waals surface area (Å²) in [4.78, 5) is 39.0. The second kappa shape index (κ2) is 9.26. The predicted octanol–water partition coefficient (Wildman–Crippen LogP) is 1.56. The van der Waals surface area contributed by atoms with Crippen molar-refractivity contribution >= 4 is 17.7 Å². The van der Waals surface area contributed by atoms with E-state index in [9.17, 15) is 23.2 Å². The van der Waals surface area contributed by atoms with Gasteiger partial charge < -0.3 is 15.1 Å². The van der Waals surface area contributed by atoms with Crippen LogP contribution < -0.4 is 5.32 Å². The summed E-state index contributed by atoms with van der Waals surface area (Å²) in [5.41, 5.74) is -0.227. The quantitative estimate of drug-likeness (QED) is 0.803. The molecule has 6 nitrogen and oxygen atoms in total. The van der Waals surface area contributed by atoms with Crippen LogP contribution >= 0.6 is 0 Å². The molecule has 0 unspecified atom stereocenters. The number of benzene rings is 1. The zero-order valence-electron chi connectivity index (χ0n) is 14.8. The molecule has 0 atom stereocenters. The minimum absolute atomic E-state index is 0.00929. The topological polar surface area (TPSA) is 69.7 Å². The summed E-state index contributed by atoms with van der Waals surface area (Å²) in [5.74, 6) is -2.32. The summed E-state index contributed by atoms with van der Waals surface area (Å²) in [6.45, 7) is 4.03. The Kier molecular flexibility index (Phi) is 7.06. The van der Waals surface area contributed by atoms with Crippen molar-refractivity contribution < 1.29 is 23.2 Å². The Morgan fingerprint density at radius 3 is 2.46 bits per heavy atom. The molecule has 1 aliphatic rings. The fourth-order valence-electron chi connectivity index (χ4n) is 2.85. The van der Waals surface area contributed by atoms with Crippen molar-refractivity contribution in [3.63, 3.8) is 0 Å². The fourth-order valence-corrected chi connectivity index (χ4v) is 2.85. The SMILES string of the molecule is CC(=O)N1CCCN(C(=O)CCCNC(=O)c2ccc(F)cc2F)CC1. The summed E-state index contributed by atoms with van der Waals surface area (Å²) in [7, 11) is 0. The molecule has 0 spiro atoms. The van der Waals surface area contributed by atoms with Crippen LogP contribution in [0.2, 0.25) is 0 Å². The van der Waals surface area contributed by atoms with E-state index in [2.05, 4.69) is 5.32 Å². The lowest BCUT2D eigenvalue weighted by Crippen LogP contribution is -2.36. The highest BCUT2D eigenvalue weighted by Gasteiger charge is 2.20. The molecule has 3 amide bonds. The Hall–Kier alpha value is -2.51. The number of halogens is 2. The van der Waals surface area contributed by atoms with Gasteiger partial charge in [0.25, 0.3) is 5.91 Å². The van der Waals surface area contributed by atoms with Gasteiger partial charge in [-0.2, -0.15) is 0 Å². The van der Waals surface area contributed by atoms with Crippen LogP contribution in [0.3, 0.4) is 0 Å². The van der Waals surface area contributed by atoms with Crippen LogP contribution in [0.5, 0.6) is 0 Å².